The maximum atomic E-state index is 9.85. The normalized spacial score (nSPS) is 39.9. The van der Waals surface area contributed by atoms with Crippen LogP contribution in [-0.4, -0.2) is 38.1 Å². The van der Waals surface area contributed by atoms with Gasteiger partial charge in [0.25, 0.3) is 0 Å². The second kappa shape index (κ2) is 11.7. The van der Waals surface area contributed by atoms with E-state index in [1.807, 2.05) is 14.2 Å². The number of hydrogen-bond donors (Lipinski definition) is 1. The molecule has 3 aliphatic rings. The van der Waals surface area contributed by atoms with Gasteiger partial charge in [0.05, 0.1) is 12.2 Å². The number of fused-ring (bicyclic) bond motifs is 1. The predicted molar refractivity (Wildman–Crippen MR) is 134 cm³/mol. The number of ether oxygens (including phenoxy) is 2. The van der Waals surface area contributed by atoms with Gasteiger partial charge < -0.3 is 14.6 Å². The van der Waals surface area contributed by atoms with Gasteiger partial charge in [-0.2, -0.15) is 0 Å². The predicted octanol–water partition coefficient (Wildman–Crippen LogP) is 6.95. The van der Waals surface area contributed by atoms with Crippen LogP contribution in [-0.2, 0) is 9.47 Å². The highest BCUT2D eigenvalue weighted by Gasteiger charge is 2.50. The molecule has 32 heavy (non-hydrogen) atoms. The van der Waals surface area contributed by atoms with Gasteiger partial charge in [0.2, 0.25) is 0 Å². The molecule has 0 spiro atoms. The first-order valence-corrected chi connectivity index (χ1v) is 13.4. The van der Waals surface area contributed by atoms with Crippen LogP contribution in [0.5, 0.6) is 0 Å². The van der Waals surface area contributed by atoms with Crippen LogP contribution in [0.2, 0.25) is 0 Å². The van der Waals surface area contributed by atoms with Gasteiger partial charge in [-0.05, 0) is 93.3 Å². The number of aliphatic hydroxyl groups excluding tert-OH is 1. The highest BCUT2D eigenvalue weighted by molar-refractivity contribution is 5.26. The Morgan fingerprint density at radius 1 is 1.12 bits per heavy atom. The molecule has 3 rings (SSSR count). The molecule has 4 unspecified atom stereocenters. The van der Waals surface area contributed by atoms with E-state index in [1.165, 1.54) is 56.9 Å². The number of methoxy groups -OCH3 is 2. The summed E-state index contributed by atoms with van der Waals surface area (Å²) in [5.74, 6) is 3.17. The standard InChI is InChI=1S/C29H50O3/c1-20(9-7-10-21(2)31-5)26-14-15-27-24(11-8-16-29(26,27)4)13-12-23-17-25(19-30)22(3)28(18-23)32-6/h12-13,20-22,25-28,30H,7-11,14-19H2,1-6H3/b23-12-,24-13+/t20?,21?,22-,25-,26?,27?,28+,29+/m0/s1. The van der Waals surface area contributed by atoms with Crippen LogP contribution in [0, 0.1) is 35.0 Å². The Kier molecular flexibility index (Phi) is 9.47. The Balaban J connectivity index is 1.67. The molecule has 0 aliphatic heterocycles. The van der Waals surface area contributed by atoms with Crippen molar-refractivity contribution in [2.45, 2.75) is 104 Å². The second-order valence-electron chi connectivity index (χ2n) is 11.6. The van der Waals surface area contributed by atoms with E-state index >= 15 is 0 Å². The van der Waals surface area contributed by atoms with Crippen molar-refractivity contribution in [2.75, 3.05) is 20.8 Å². The summed E-state index contributed by atoms with van der Waals surface area (Å²) < 4.78 is 11.2. The van der Waals surface area contributed by atoms with Crippen molar-refractivity contribution < 1.29 is 14.6 Å². The summed E-state index contributed by atoms with van der Waals surface area (Å²) in [6.07, 6.45) is 18.1. The summed E-state index contributed by atoms with van der Waals surface area (Å²) in [6, 6.07) is 0. The zero-order valence-corrected chi connectivity index (χ0v) is 21.7. The quantitative estimate of drug-likeness (QED) is 0.416. The van der Waals surface area contributed by atoms with E-state index in [0.29, 0.717) is 23.4 Å². The molecule has 0 amide bonds. The highest BCUT2D eigenvalue weighted by Crippen LogP contribution is 2.60. The Labute approximate surface area is 198 Å². The third kappa shape index (κ3) is 5.70. The minimum absolute atomic E-state index is 0.236. The lowest BCUT2D eigenvalue weighted by Crippen LogP contribution is -2.36. The summed E-state index contributed by atoms with van der Waals surface area (Å²) in [5, 5.41) is 9.85. The molecule has 0 bridgehead atoms. The summed E-state index contributed by atoms with van der Waals surface area (Å²) in [6.45, 7) is 9.80. The molecular weight excluding hydrogens is 396 g/mol. The topological polar surface area (TPSA) is 38.7 Å². The Morgan fingerprint density at radius 3 is 2.59 bits per heavy atom. The van der Waals surface area contributed by atoms with Gasteiger partial charge in [-0.1, -0.05) is 56.9 Å². The number of rotatable bonds is 9. The van der Waals surface area contributed by atoms with E-state index in [9.17, 15) is 5.11 Å². The van der Waals surface area contributed by atoms with Crippen LogP contribution >= 0.6 is 0 Å². The lowest BCUT2D eigenvalue weighted by molar-refractivity contribution is 0.00500. The molecule has 0 heterocycles. The van der Waals surface area contributed by atoms with Crippen molar-refractivity contribution in [1.82, 2.24) is 0 Å². The molecule has 8 atom stereocenters. The maximum absolute atomic E-state index is 9.85. The lowest BCUT2D eigenvalue weighted by Gasteiger charge is -2.44. The van der Waals surface area contributed by atoms with Crippen molar-refractivity contribution in [2.24, 2.45) is 35.0 Å². The van der Waals surface area contributed by atoms with E-state index in [0.717, 1.165) is 30.6 Å². The van der Waals surface area contributed by atoms with Crippen molar-refractivity contribution in [3.63, 3.8) is 0 Å². The minimum Gasteiger partial charge on any atom is -0.396 e. The molecule has 1 N–H and O–H groups in total. The van der Waals surface area contributed by atoms with Crippen molar-refractivity contribution in [3.05, 3.63) is 23.3 Å². The zero-order valence-electron chi connectivity index (χ0n) is 21.7. The summed E-state index contributed by atoms with van der Waals surface area (Å²) >= 11 is 0. The van der Waals surface area contributed by atoms with Crippen molar-refractivity contribution in [1.29, 1.82) is 0 Å². The lowest BCUT2D eigenvalue weighted by atomic mass is 9.60. The van der Waals surface area contributed by atoms with E-state index in [1.54, 1.807) is 5.57 Å². The molecule has 0 aromatic rings. The SMILES string of the molecule is COC(C)CCCC(C)C1CCC2/C(=C/C=C3/C[C@@H](CO)[C@H](C)[C@H](OC)C3)CCC[C@@]21C. The smallest absolute Gasteiger partial charge is 0.0637 e. The van der Waals surface area contributed by atoms with Crippen LogP contribution in [0.25, 0.3) is 0 Å². The third-order valence-corrected chi connectivity index (χ3v) is 9.79. The van der Waals surface area contributed by atoms with Crippen LogP contribution in [0.15, 0.2) is 23.3 Å². The summed E-state index contributed by atoms with van der Waals surface area (Å²) in [5.41, 5.74) is 3.63. The largest absolute Gasteiger partial charge is 0.396 e. The fraction of sp³-hybridized carbons (Fsp3) is 0.862. The highest BCUT2D eigenvalue weighted by atomic mass is 16.5. The first kappa shape index (κ1) is 26.0. The van der Waals surface area contributed by atoms with E-state index < -0.39 is 0 Å². The molecular formula is C29H50O3. The molecule has 0 radical (unpaired) electrons. The van der Waals surface area contributed by atoms with Crippen molar-refractivity contribution >= 4 is 0 Å². The molecule has 3 heteroatoms. The number of aliphatic hydroxyl groups is 1. The van der Waals surface area contributed by atoms with Gasteiger partial charge in [-0.15, -0.1) is 0 Å². The van der Waals surface area contributed by atoms with E-state index in [2.05, 4.69) is 39.8 Å². The zero-order chi connectivity index (χ0) is 23.3. The van der Waals surface area contributed by atoms with Gasteiger partial charge in [0.1, 0.15) is 0 Å². The minimum atomic E-state index is 0.236. The average molecular weight is 447 g/mol. The van der Waals surface area contributed by atoms with Gasteiger partial charge in [0, 0.05) is 20.8 Å². The van der Waals surface area contributed by atoms with Crippen LogP contribution in [0.4, 0.5) is 0 Å². The van der Waals surface area contributed by atoms with Gasteiger partial charge in [-0.25, -0.2) is 0 Å². The molecule has 0 aromatic heterocycles. The first-order valence-electron chi connectivity index (χ1n) is 13.4. The Bertz CT molecular complexity index is 637. The fourth-order valence-electron chi connectivity index (χ4n) is 7.50. The average Bonchev–Trinajstić information content (AvgIpc) is 3.15. The van der Waals surface area contributed by atoms with Crippen LogP contribution in [0.1, 0.15) is 91.9 Å². The van der Waals surface area contributed by atoms with E-state index in [4.69, 9.17) is 9.47 Å². The van der Waals surface area contributed by atoms with E-state index in [-0.39, 0.29) is 12.7 Å². The third-order valence-electron chi connectivity index (χ3n) is 9.79. The molecule has 3 nitrogen and oxygen atoms in total. The van der Waals surface area contributed by atoms with Crippen LogP contribution in [0.3, 0.4) is 0 Å². The molecule has 0 aromatic carbocycles. The fourth-order valence-corrected chi connectivity index (χ4v) is 7.50. The summed E-state index contributed by atoms with van der Waals surface area (Å²) in [4.78, 5) is 0. The number of allylic oxidation sites excluding steroid dienone is 3. The molecule has 184 valence electrons. The first-order chi connectivity index (χ1) is 15.3. The monoisotopic (exact) mass is 446 g/mol. The molecule has 0 saturated heterocycles. The summed E-state index contributed by atoms with van der Waals surface area (Å²) in [7, 11) is 3.65. The van der Waals surface area contributed by atoms with Gasteiger partial charge >= 0.3 is 0 Å². The van der Waals surface area contributed by atoms with Crippen molar-refractivity contribution in [3.8, 4) is 0 Å². The van der Waals surface area contributed by atoms with Crippen LogP contribution < -0.4 is 0 Å². The molecule has 3 saturated carbocycles. The van der Waals surface area contributed by atoms with Gasteiger partial charge in [0.15, 0.2) is 0 Å². The Hall–Kier alpha value is -0.640. The number of hydrogen-bond acceptors (Lipinski definition) is 3. The molecule has 3 aliphatic carbocycles. The second-order valence-corrected chi connectivity index (χ2v) is 11.6. The Morgan fingerprint density at radius 2 is 1.91 bits per heavy atom. The maximum Gasteiger partial charge on any atom is 0.0637 e. The molecule has 3 fully saturated rings. The van der Waals surface area contributed by atoms with Gasteiger partial charge in [-0.3, -0.25) is 0 Å².